The third-order valence-electron chi connectivity index (χ3n) is 4.80. The van der Waals surface area contributed by atoms with E-state index in [2.05, 4.69) is 4.72 Å². The maximum Gasteiger partial charge on any atom is 0.243 e. The Bertz CT molecular complexity index is 978. The molecular weight excluding hydrogens is 402 g/mol. The molecule has 0 amide bonds. The zero-order chi connectivity index (χ0) is 20.4. The van der Waals surface area contributed by atoms with E-state index in [0.717, 1.165) is 12.8 Å². The molecule has 0 radical (unpaired) electrons. The minimum Gasteiger partial charge on any atom is -0.468 e. The largest absolute Gasteiger partial charge is 0.468 e. The fraction of sp³-hybridized carbons (Fsp3) is 0.444. The molecule has 0 aliphatic carbocycles. The summed E-state index contributed by atoms with van der Waals surface area (Å²) >= 11 is 0. The SMILES string of the molecule is CN(C)C(CNS(=O)(=O)c1ccc(S(=O)(=O)N2CCCC2)cc1)c1ccco1. The Morgan fingerprint density at radius 3 is 2.18 bits per heavy atom. The second-order valence-electron chi connectivity index (χ2n) is 6.93. The van der Waals surface area contributed by atoms with E-state index >= 15 is 0 Å². The quantitative estimate of drug-likeness (QED) is 0.688. The Balaban J connectivity index is 1.73. The molecule has 0 saturated carbocycles. The molecule has 1 fully saturated rings. The molecule has 2 heterocycles. The standard InChI is InChI=1S/C18H25N3O5S2/c1-20(2)17(18-6-5-13-26-18)14-19-27(22,23)15-7-9-16(10-8-15)28(24,25)21-11-3-4-12-21/h5-10,13,17,19H,3-4,11-12,14H2,1-2H3. The Kier molecular flexibility index (Phi) is 6.25. The van der Waals surface area contributed by atoms with Gasteiger partial charge < -0.3 is 4.42 Å². The van der Waals surface area contributed by atoms with Crippen LogP contribution in [0.1, 0.15) is 24.6 Å². The van der Waals surface area contributed by atoms with Gasteiger partial charge in [-0.25, -0.2) is 21.6 Å². The first-order valence-electron chi connectivity index (χ1n) is 9.01. The molecule has 3 rings (SSSR count). The van der Waals surface area contributed by atoms with Crippen molar-refractivity contribution in [2.24, 2.45) is 0 Å². The molecule has 1 aliphatic heterocycles. The topological polar surface area (TPSA) is 99.9 Å². The fourth-order valence-corrected chi connectivity index (χ4v) is 5.71. The maximum absolute atomic E-state index is 12.6. The molecule has 1 saturated heterocycles. The monoisotopic (exact) mass is 427 g/mol. The van der Waals surface area contributed by atoms with Gasteiger partial charge in [-0.05, 0) is 63.3 Å². The number of furan rings is 1. The first-order chi connectivity index (χ1) is 13.2. The number of likely N-dealkylation sites (N-methyl/N-ethyl adjacent to an activating group) is 1. The van der Waals surface area contributed by atoms with Crippen molar-refractivity contribution in [2.45, 2.75) is 28.7 Å². The van der Waals surface area contributed by atoms with Crippen molar-refractivity contribution in [3.63, 3.8) is 0 Å². The van der Waals surface area contributed by atoms with Gasteiger partial charge in [0, 0.05) is 19.6 Å². The predicted molar refractivity (Wildman–Crippen MR) is 105 cm³/mol. The van der Waals surface area contributed by atoms with Crippen molar-refractivity contribution in [2.75, 3.05) is 33.7 Å². The fourth-order valence-electron chi connectivity index (χ4n) is 3.16. The Labute approximate surface area is 166 Å². The summed E-state index contributed by atoms with van der Waals surface area (Å²) in [7, 11) is -3.69. The number of nitrogens with zero attached hydrogens (tertiary/aromatic N) is 2. The number of sulfonamides is 2. The zero-order valence-corrected chi connectivity index (χ0v) is 17.5. The molecule has 10 heteroatoms. The molecule has 28 heavy (non-hydrogen) atoms. The number of nitrogens with one attached hydrogen (secondary N) is 1. The van der Waals surface area contributed by atoms with Crippen molar-refractivity contribution in [3.8, 4) is 0 Å². The van der Waals surface area contributed by atoms with E-state index in [1.54, 1.807) is 18.4 Å². The summed E-state index contributed by atoms with van der Waals surface area (Å²) in [6.45, 7) is 1.13. The van der Waals surface area contributed by atoms with E-state index in [1.165, 1.54) is 28.6 Å². The molecule has 1 atom stereocenters. The second-order valence-corrected chi connectivity index (χ2v) is 10.6. The van der Waals surface area contributed by atoms with Crippen LogP contribution in [-0.4, -0.2) is 59.8 Å². The highest BCUT2D eigenvalue weighted by Crippen LogP contribution is 2.23. The summed E-state index contributed by atoms with van der Waals surface area (Å²) in [5.74, 6) is 0.653. The van der Waals surface area contributed by atoms with Gasteiger partial charge in [-0.3, -0.25) is 4.90 Å². The van der Waals surface area contributed by atoms with E-state index < -0.39 is 20.0 Å². The summed E-state index contributed by atoms with van der Waals surface area (Å²) in [5, 5.41) is 0. The van der Waals surface area contributed by atoms with Crippen LogP contribution in [0.3, 0.4) is 0 Å². The van der Waals surface area contributed by atoms with Crippen molar-refractivity contribution in [3.05, 3.63) is 48.4 Å². The summed E-state index contributed by atoms with van der Waals surface area (Å²) in [4.78, 5) is 1.98. The predicted octanol–water partition coefficient (Wildman–Crippen LogP) is 1.65. The molecule has 0 spiro atoms. The van der Waals surface area contributed by atoms with E-state index in [0.29, 0.717) is 18.8 Å². The molecule has 0 bridgehead atoms. The summed E-state index contributed by atoms with van der Waals surface area (Å²) in [5.41, 5.74) is 0. The molecule has 1 aromatic carbocycles. The van der Waals surface area contributed by atoms with Gasteiger partial charge >= 0.3 is 0 Å². The smallest absolute Gasteiger partial charge is 0.243 e. The molecular formula is C18H25N3O5S2. The highest BCUT2D eigenvalue weighted by molar-refractivity contribution is 7.89. The number of benzene rings is 1. The van der Waals surface area contributed by atoms with Crippen molar-refractivity contribution < 1.29 is 21.3 Å². The van der Waals surface area contributed by atoms with Crippen LogP contribution < -0.4 is 4.72 Å². The minimum atomic E-state index is -3.79. The lowest BCUT2D eigenvalue weighted by Gasteiger charge is -2.22. The van der Waals surface area contributed by atoms with E-state index in [-0.39, 0.29) is 22.4 Å². The third kappa shape index (κ3) is 4.47. The highest BCUT2D eigenvalue weighted by atomic mass is 32.2. The molecule has 2 aromatic rings. The van der Waals surface area contributed by atoms with Crippen LogP contribution in [0.15, 0.2) is 56.9 Å². The average Bonchev–Trinajstić information content (AvgIpc) is 3.36. The first kappa shape index (κ1) is 21.0. The molecule has 1 aromatic heterocycles. The van der Waals surface area contributed by atoms with E-state index in [9.17, 15) is 16.8 Å². The van der Waals surface area contributed by atoms with Crippen LogP contribution in [0.25, 0.3) is 0 Å². The molecule has 1 N–H and O–H groups in total. The second kappa shape index (κ2) is 8.34. The van der Waals surface area contributed by atoms with Gasteiger partial charge in [-0.15, -0.1) is 0 Å². The molecule has 1 unspecified atom stereocenters. The molecule has 8 nitrogen and oxygen atoms in total. The van der Waals surface area contributed by atoms with Gasteiger partial charge in [0.05, 0.1) is 22.1 Å². The Morgan fingerprint density at radius 1 is 1.04 bits per heavy atom. The summed E-state index contributed by atoms with van der Waals surface area (Å²) in [6, 6.07) is 8.61. The minimum absolute atomic E-state index is 0.0184. The van der Waals surface area contributed by atoms with Crippen LogP contribution in [0.2, 0.25) is 0 Å². The van der Waals surface area contributed by atoms with E-state index in [4.69, 9.17) is 4.42 Å². The van der Waals surface area contributed by atoms with Crippen molar-refractivity contribution in [1.82, 2.24) is 13.9 Å². The Morgan fingerprint density at radius 2 is 1.64 bits per heavy atom. The van der Waals surface area contributed by atoms with Crippen molar-refractivity contribution in [1.29, 1.82) is 0 Å². The zero-order valence-electron chi connectivity index (χ0n) is 15.9. The van der Waals surface area contributed by atoms with Gasteiger partial charge in [-0.2, -0.15) is 4.31 Å². The molecule has 1 aliphatic rings. The van der Waals surface area contributed by atoms with Gasteiger partial charge in [-0.1, -0.05) is 0 Å². The van der Waals surface area contributed by atoms with Crippen LogP contribution >= 0.6 is 0 Å². The Hall–Kier alpha value is -1.72. The van der Waals surface area contributed by atoms with Crippen LogP contribution in [-0.2, 0) is 20.0 Å². The lowest BCUT2D eigenvalue weighted by molar-refractivity contribution is 0.259. The number of rotatable bonds is 8. The van der Waals surface area contributed by atoms with Gasteiger partial charge in [0.15, 0.2) is 0 Å². The molecule has 154 valence electrons. The highest BCUT2D eigenvalue weighted by Gasteiger charge is 2.28. The first-order valence-corrected chi connectivity index (χ1v) is 11.9. The lowest BCUT2D eigenvalue weighted by Crippen LogP contribution is -2.34. The van der Waals surface area contributed by atoms with Crippen LogP contribution in [0, 0.1) is 0 Å². The van der Waals surface area contributed by atoms with Gasteiger partial charge in [0.25, 0.3) is 0 Å². The number of hydrogen-bond donors (Lipinski definition) is 1. The third-order valence-corrected chi connectivity index (χ3v) is 8.15. The summed E-state index contributed by atoms with van der Waals surface area (Å²) in [6.07, 6.45) is 3.23. The lowest BCUT2D eigenvalue weighted by atomic mass is 10.2. The average molecular weight is 428 g/mol. The van der Waals surface area contributed by atoms with Crippen LogP contribution in [0.5, 0.6) is 0 Å². The normalized spacial score (nSPS) is 17.2. The van der Waals surface area contributed by atoms with E-state index in [1.807, 2.05) is 19.0 Å². The van der Waals surface area contributed by atoms with Crippen molar-refractivity contribution >= 4 is 20.0 Å². The number of hydrogen-bond acceptors (Lipinski definition) is 6. The van der Waals surface area contributed by atoms with Crippen LogP contribution in [0.4, 0.5) is 0 Å². The van der Waals surface area contributed by atoms with Gasteiger partial charge in [0.1, 0.15) is 5.76 Å². The maximum atomic E-state index is 12.6. The summed E-state index contributed by atoms with van der Waals surface area (Å²) < 4.78 is 59.8. The van der Waals surface area contributed by atoms with Gasteiger partial charge in [0.2, 0.25) is 20.0 Å².